The highest BCUT2D eigenvalue weighted by Crippen LogP contribution is 2.19. The maximum absolute atomic E-state index is 5.59. The van der Waals surface area contributed by atoms with E-state index in [0.717, 1.165) is 16.6 Å². The number of thioether (sulfide) groups is 1. The van der Waals surface area contributed by atoms with E-state index in [0.29, 0.717) is 0 Å². The zero-order valence-corrected chi connectivity index (χ0v) is 8.42. The Balaban J connectivity index is 1.95. The number of anilines is 1. The van der Waals surface area contributed by atoms with Gasteiger partial charge in [0.25, 0.3) is 0 Å². The molecule has 14 heavy (non-hydrogen) atoms. The van der Waals surface area contributed by atoms with Gasteiger partial charge in [-0.1, -0.05) is 23.9 Å². The number of hydrogen-bond acceptors (Lipinski definition) is 3. The first-order valence-corrected chi connectivity index (χ1v) is 5.30. The van der Waals surface area contributed by atoms with Crippen LogP contribution in [0.5, 0.6) is 0 Å². The topological polar surface area (TPSA) is 54.7 Å². The molecule has 72 valence electrons. The molecule has 2 aromatic rings. The first-order chi connectivity index (χ1) is 6.84. The number of hydrogen-bond donors (Lipinski definition) is 2. The van der Waals surface area contributed by atoms with Crippen molar-refractivity contribution in [2.75, 3.05) is 5.73 Å². The second-order valence-corrected chi connectivity index (χ2v) is 3.89. The third-order valence-electron chi connectivity index (χ3n) is 1.83. The molecule has 0 fully saturated rings. The summed E-state index contributed by atoms with van der Waals surface area (Å²) in [6.07, 6.45) is 3.58. The minimum atomic E-state index is 0.803. The van der Waals surface area contributed by atoms with E-state index in [9.17, 15) is 0 Å². The van der Waals surface area contributed by atoms with Crippen LogP contribution in [0.1, 0.15) is 5.56 Å². The summed E-state index contributed by atoms with van der Waals surface area (Å²) in [5.74, 6) is 0.911. The highest BCUT2D eigenvalue weighted by molar-refractivity contribution is 7.98. The van der Waals surface area contributed by atoms with Crippen LogP contribution in [0.2, 0.25) is 0 Å². The fourth-order valence-corrected chi connectivity index (χ4v) is 1.88. The van der Waals surface area contributed by atoms with Crippen molar-refractivity contribution in [1.29, 1.82) is 0 Å². The summed E-state index contributed by atoms with van der Waals surface area (Å²) < 4.78 is 0. The van der Waals surface area contributed by atoms with Gasteiger partial charge in [0.05, 0.1) is 0 Å². The molecular weight excluding hydrogens is 194 g/mol. The lowest BCUT2D eigenvalue weighted by Gasteiger charge is -1.99. The van der Waals surface area contributed by atoms with Gasteiger partial charge >= 0.3 is 0 Å². The quantitative estimate of drug-likeness (QED) is 0.597. The molecule has 0 aliphatic carbocycles. The standard InChI is InChI=1S/C10H11N3S/c11-9-3-1-8(2-4-9)7-14-10-12-5-6-13-10/h1-6H,7,11H2,(H,12,13). The van der Waals surface area contributed by atoms with Crippen molar-refractivity contribution < 1.29 is 0 Å². The number of nitrogen functional groups attached to an aromatic ring is 1. The van der Waals surface area contributed by atoms with Gasteiger partial charge in [-0.15, -0.1) is 0 Å². The van der Waals surface area contributed by atoms with Gasteiger partial charge < -0.3 is 10.7 Å². The summed E-state index contributed by atoms with van der Waals surface area (Å²) >= 11 is 1.68. The molecule has 0 aliphatic rings. The van der Waals surface area contributed by atoms with Crippen molar-refractivity contribution in [3.8, 4) is 0 Å². The lowest BCUT2D eigenvalue weighted by Crippen LogP contribution is -1.85. The van der Waals surface area contributed by atoms with Crippen LogP contribution < -0.4 is 5.73 Å². The molecule has 4 heteroatoms. The second-order valence-electron chi connectivity index (χ2n) is 2.92. The van der Waals surface area contributed by atoms with Crippen LogP contribution in [0.4, 0.5) is 5.69 Å². The average Bonchev–Trinajstić information content (AvgIpc) is 2.70. The van der Waals surface area contributed by atoms with Gasteiger partial charge in [-0.3, -0.25) is 0 Å². The SMILES string of the molecule is Nc1ccc(CSc2ncc[nH]2)cc1. The van der Waals surface area contributed by atoms with E-state index in [1.54, 1.807) is 18.0 Å². The molecule has 1 aromatic carbocycles. The molecule has 1 heterocycles. The van der Waals surface area contributed by atoms with Gasteiger partial charge in [-0.25, -0.2) is 4.98 Å². The lowest BCUT2D eigenvalue weighted by atomic mass is 10.2. The van der Waals surface area contributed by atoms with Crippen LogP contribution in [-0.4, -0.2) is 9.97 Å². The molecular formula is C10H11N3S. The van der Waals surface area contributed by atoms with Gasteiger partial charge in [0.1, 0.15) is 0 Å². The van der Waals surface area contributed by atoms with Crippen molar-refractivity contribution in [3.05, 3.63) is 42.2 Å². The predicted octanol–water partition coefficient (Wildman–Crippen LogP) is 2.28. The molecule has 0 atom stereocenters. The molecule has 0 unspecified atom stereocenters. The first-order valence-electron chi connectivity index (χ1n) is 4.31. The maximum atomic E-state index is 5.59. The number of nitrogens with zero attached hydrogens (tertiary/aromatic N) is 1. The van der Waals surface area contributed by atoms with Crippen LogP contribution in [0, 0.1) is 0 Å². The number of aromatic nitrogens is 2. The zero-order valence-electron chi connectivity index (χ0n) is 7.60. The van der Waals surface area contributed by atoms with Crippen LogP contribution >= 0.6 is 11.8 Å². The molecule has 0 radical (unpaired) electrons. The van der Waals surface area contributed by atoms with E-state index < -0.39 is 0 Å². The predicted molar refractivity (Wildman–Crippen MR) is 59.0 cm³/mol. The Morgan fingerprint density at radius 2 is 2.07 bits per heavy atom. The number of rotatable bonds is 3. The largest absolute Gasteiger partial charge is 0.399 e. The Hall–Kier alpha value is -1.42. The molecule has 0 saturated carbocycles. The number of nitrogens with one attached hydrogen (secondary N) is 1. The summed E-state index contributed by atoms with van der Waals surface area (Å²) in [4.78, 5) is 7.18. The summed E-state index contributed by atoms with van der Waals surface area (Å²) in [5.41, 5.74) is 7.65. The lowest BCUT2D eigenvalue weighted by molar-refractivity contribution is 1.06. The Morgan fingerprint density at radius 1 is 1.29 bits per heavy atom. The Labute approximate surface area is 86.7 Å². The molecule has 3 nitrogen and oxygen atoms in total. The maximum Gasteiger partial charge on any atom is 0.165 e. The zero-order chi connectivity index (χ0) is 9.80. The van der Waals surface area contributed by atoms with Gasteiger partial charge in [-0.05, 0) is 17.7 Å². The Morgan fingerprint density at radius 3 is 2.71 bits per heavy atom. The third kappa shape index (κ3) is 2.29. The van der Waals surface area contributed by atoms with E-state index in [4.69, 9.17) is 5.73 Å². The number of nitrogens with two attached hydrogens (primary N) is 1. The van der Waals surface area contributed by atoms with Crippen LogP contribution in [-0.2, 0) is 5.75 Å². The highest BCUT2D eigenvalue weighted by atomic mass is 32.2. The summed E-state index contributed by atoms with van der Waals surface area (Å²) in [7, 11) is 0. The fraction of sp³-hybridized carbons (Fsp3) is 0.100. The van der Waals surface area contributed by atoms with Crippen LogP contribution in [0.15, 0.2) is 41.8 Å². The van der Waals surface area contributed by atoms with E-state index in [-0.39, 0.29) is 0 Å². The number of imidazole rings is 1. The van der Waals surface area contributed by atoms with Gasteiger partial charge in [0.2, 0.25) is 0 Å². The van der Waals surface area contributed by atoms with Crippen molar-refractivity contribution in [1.82, 2.24) is 9.97 Å². The molecule has 3 N–H and O–H groups in total. The van der Waals surface area contributed by atoms with Crippen molar-refractivity contribution >= 4 is 17.4 Å². The fourth-order valence-electron chi connectivity index (χ4n) is 1.10. The molecule has 2 rings (SSSR count). The number of H-pyrrole nitrogens is 1. The minimum Gasteiger partial charge on any atom is -0.399 e. The molecule has 1 aromatic heterocycles. The van der Waals surface area contributed by atoms with E-state index in [1.165, 1.54) is 5.56 Å². The number of aromatic amines is 1. The molecule has 0 bridgehead atoms. The summed E-state index contributed by atoms with van der Waals surface area (Å²) in [5, 5.41) is 0.946. The third-order valence-corrected chi connectivity index (χ3v) is 2.80. The smallest absolute Gasteiger partial charge is 0.165 e. The molecule has 0 saturated heterocycles. The second kappa shape index (κ2) is 4.19. The van der Waals surface area contributed by atoms with E-state index >= 15 is 0 Å². The minimum absolute atomic E-state index is 0.803. The van der Waals surface area contributed by atoms with Crippen molar-refractivity contribution in [2.45, 2.75) is 10.9 Å². The van der Waals surface area contributed by atoms with Crippen molar-refractivity contribution in [2.24, 2.45) is 0 Å². The first kappa shape index (κ1) is 9.15. The summed E-state index contributed by atoms with van der Waals surface area (Å²) in [6.45, 7) is 0. The normalized spacial score (nSPS) is 10.3. The van der Waals surface area contributed by atoms with Crippen LogP contribution in [0.3, 0.4) is 0 Å². The molecule has 0 amide bonds. The Kier molecular flexibility index (Phi) is 2.74. The molecule has 0 spiro atoms. The number of benzene rings is 1. The molecule has 0 aliphatic heterocycles. The highest BCUT2D eigenvalue weighted by Gasteiger charge is 1.97. The van der Waals surface area contributed by atoms with Crippen molar-refractivity contribution in [3.63, 3.8) is 0 Å². The van der Waals surface area contributed by atoms with Crippen LogP contribution in [0.25, 0.3) is 0 Å². The van der Waals surface area contributed by atoms with E-state index in [2.05, 4.69) is 9.97 Å². The van der Waals surface area contributed by atoms with E-state index in [1.807, 2.05) is 30.5 Å². The van der Waals surface area contributed by atoms with Gasteiger partial charge in [-0.2, -0.15) is 0 Å². The Bertz CT molecular complexity index is 380. The summed E-state index contributed by atoms with van der Waals surface area (Å²) in [6, 6.07) is 7.90. The average molecular weight is 205 g/mol. The van der Waals surface area contributed by atoms with Gasteiger partial charge in [0.15, 0.2) is 5.16 Å². The van der Waals surface area contributed by atoms with Gasteiger partial charge in [0, 0.05) is 23.8 Å². The monoisotopic (exact) mass is 205 g/mol.